The monoisotopic (exact) mass is 1140 g/mol. The van der Waals surface area contributed by atoms with Gasteiger partial charge in [-0.2, -0.15) is 0 Å². The van der Waals surface area contributed by atoms with E-state index in [0.29, 0.717) is 25.9 Å². The number of ether oxygens (including phenoxy) is 12. The minimum absolute atomic E-state index is 0.0707. The van der Waals surface area contributed by atoms with Crippen molar-refractivity contribution in [1.29, 1.82) is 0 Å². The standard InChI is InChI=1S/C56H88O24/c1-24(2)16-27-17-54(9,80-47-42(68)43(72-26(4)61)32(21-69-47)71-25(3)60)46-28-10-11-34-52(7)14-13-35(51(5,6)33(52)12-15-53(34,8)55(28)22-56(46,79-27)70-23-55)76-50-45(78-48-40(66)37(63)30(19-58)74-48)44(38(64)31(20-59)75-50)77-49-41(67)39(65)36(62)29(18-57)73-49/h16,27-50,57-59,62-68H,10-15,17-23H2,1-9H3/t27?,28-,29-,30+,31-,32+,33+,34-,35+,36-,37+,38-,39+,40-,41-,42-,43+,44+,45-,46+,47+,48+,49+,50+,52+,53-,54+,55+,56+/m1/s1. The summed E-state index contributed by atoms with van der Waals surface area (Å²) < 4.78 is 75.9. The predicted molar refractivity (Wildman–Crippen MR) is 271 cm³/mol. The first-order chi connectivity index (χ1) is 37.6. The summed E-state index contributed by atoms with van der Waals surface area (Å²) in [7, 11) is 0. The SMILES string of the molecule is CC(=O)O[C@@H]1[C@@H](O)[C@H](O[C@@]2(C)CC(C=C(C)C)O[C@]34C[C@]5(CO3)[C@H](CC[C@@H]3[C@@]6(C)CC[C@H](O[C@@H]7O[C@H](CO)[C@@H](O)[C@H](O[C@@H]8O[C@H](CO)[C@@H](O)[C@H](O)[C@H]8O)[C@H]7O[C@@H]7O[C@@H](CO)[C@H](O)[C@H]7O)C(C)(C)[C@@H]6CC[C@]35C)[C@H]42)OC[C@@H]1OC(C)=O. The average molecular weight is 1150 g/mol. The van der Waals surface area contributed by atoms with Gasteiger partial charge in [-0.3, -0.25) is 9.59 Å². The minimum Gasteiger partial charge on any atom is -0.456 e. The van der Waals surface area contributed by atoms with Crippen LogP contribution in [0.25, 0.3) is 0 Å². The Kier molecular flexibility index (Phi) is 17.0. The number of aliphatic hydroxyl groups is 10. The lowest BCUT2D eigenvalue weighted by Gasteiger charge is -2.70. The van der Waals surface area contributed by atoms with Crippen molar-refractivity contribution in [3.63, 3.8) is 0 Å². The van der Waals surface area contributed by atoms with Gasteiger partial charge >= 0.3 is 11.9 Å². The second-order valence-corrected chi connectivity index (χ2v) is 26.4. The van der Waals surface area contributed by atoms with Crippen molar-refractivity contribution in [2.45, 2.75) is 248 Å². The van der Waals surface area contributed by atoms with Crippen molar-refractivity contribution in [3.8, 4) is 0 Å². The van der Waals surface area contributed by atoms with Gasteiger partial charge in [0.25, 0.3) is 0 Å². The third-order valence-corrected chi connectivity index (χ3v) is 21.2. The van der Waals surface area contributed by atoms with E-state index >= 15 is 0 Å². The number of carbonyl (C=O) groups excluding carboxylic acids is 2. The van der Waals surface area contributed by atoms with E-state index in [1.54, 1.807) is 0 Å². The highest BCUT2D eigenvalue weighted by atomic mass is 16.8. The molecule has 0 radical (unpaired) electrons. The van der Waals surface area contributed by atoms with Gasteiger partial charge in [0.1, 0.15) is 73.2 Å². The van der Waals surface area contributed by atoms with Gasteiger partial charge in [0.2, 0.25) is 0 Å². The summed E-state index contributed by atoms with van der Waals surface area (Å²) in [6.07, 6.45) is -20.8. The van der Waals surface area contributed by atoms with E-state index in [1.807, 2.05) is 20.8 Å². The summed E-state index contributed by atoms with van der Waals surface area (Å²) in [4.78, 5) is 24.4. The molecule has 0 amide bonds. The van der Waals surface area contributed by atoms with Crippen LogP contribution >= 0.6 is 0 Å². The Morgan fingerprint density at radius 3 is 1.84 bits per heavy atom. The third kappa shape index (κ3) is 9.94. The van der Waals surface area contributed by atoms with E-state index in [4.69, 9.17) is 56.8 Å². The van der Waals surface area contributed by atoms with Crippen molar-refractivity contribution < 1.29 is 117 Å². The van der Waals surface area contributed by atoms with Crippen LogP contribution in [0.15, 0.2) is 11.6 Å². The van der Waals surface area contributed by atoms with Crippen LogP contribution < -0.4 is 0 Å². The topological polar surface area (TPSA) is 347 Å². The van der Waals surface area contributed by atoms with Crippen molar-refractivity contribution in [3.05, 3.63) is 11.6 Å². The third-order valence-electron chi connectivity index (χ3n) is 21.2. The maximum Gasteiger partial charge on any atom is 0.303 e. The van der Waals surface area contributed by atoms with E-state index in [2.05, 4.69) is 33.8 Å². The summed E-state index contributed by atoms with van der Waals surface area (Å²) in [6.45, 7) is 15.8. The second-order valence-electron chi connectivity index (χ2n) is 26.4. The zero-order chi connectivity index (χ0) is 58.0. The van der Waals surface area contributed by atoms with Crippen LogP contribution in [-0.4, -0.2) is 230 Å². The number of aliphatic hydroxyl groups excluding tert-OH is 10. The molecule has 0 aromatic carbocycles. The molecule has 2 spiro atoms. The Labute approximate surface area is 466 Å². The highest BCUT2D eigenvalue weighted by Gasteiger charge is 2.81. The molecule has 10 fully saturated rings. The summed E-state index contributed by atoms with van der Waals surface area (Å²) in [5.41, 5.74) is -1.38. The lowest BCUT2D eigenvalue weighted by Crippen LogP contribution is -2.69. The molecule has 2 bridgehead atoms. The molecule has 4 aliphatic carbocycles. The van der Waals surface area contributed by atoms with Gasteiger partial charge in [-0.25, -0.2) is 0 Å². The molecule has 0 aromatic rings. The van der Waals surface area contributed by atoms with Crippen molar-refractivity contribution in [2.75, 3.05) is 33.0 Å². The molecule has 456 valence electrons. The minimum atomic E-state index is -1.90. The lowest BCUT2D eigenvalue weighted by molar-refractivity contribution is -0.388. The summed E-state index contributed by atoms with van der Waals surface area (Å²) in [5, 5.41) is 108. The average Bonchev–Trinajstić information content (AvgIpc) is 4.18. The number of rotatable bonds is 14. The second kappa shape index (κ2) is 22.3. The smallest absolute Gasteiger partial charge is 0.303 e. The molecule has 0 aromatic heterocycles. The van der Waals surface area contributed by atoms with Gasteiger partial charge in [-0.05, 0) is 93.3 Å². The number of fused-ring (bicyclic) bond motifs is 4. The maximum absolute atomic E-state index is 12.3. The molecule has 80 heavy (non-hydrogen) atoms. The molecule has 6 aliphatic heterocycles. The normalized spacial score (nSPS) is 53.2. The molecule has 10 rings (SSSR count). The largest absolute Gasteiger partial charge is 0.456 e. The Bertz CT molecular complexity index is 2270. The summed E-state index contributed by atoms with van der Waals surface area (Å²) in [5.74, 6) is -2.26. The molecule has 24 nitrogen and oxygen atoms in total. The van der Waals surface area contributed by atoms with Gasteiger partial charge < -0.3 is 108 Å². The van der Waals surface area contributed by atoms with Gasteiger partial charge in [0.15, 0.2) is 43.2 Å². The predicted octanol–water partition coefficient (Wildman–Crippen LogP) is -0.428. The van der Waals surface area contributed by atoms with Crippen LogP contribution in [0.4, 0.5) is 0 Å². The maximum atomic E-state index is 12.3. The molecule has 24 heteroatoms. The van der Waals surface area contributed by atoms with E-state index in [1.165, 1.54) is 13.8 Å². The van der Waals surface area contributed by atoms with Crippen molar-refractivity contribution in [1.82, 2.24) is 0 Å². The fourth-order valence-corrected chi connectivity index (χ4v) is 17.8. The van der Waals surface area contributed by atoms with Gasteiger partial charge in [0, 0.05) is 38.0 Å². The zero-order valence-electron chi connectivity index (χ0n) is 47.3. The van der Waals surface area contributed by atoms with Crippen LogP contribution in [0.1, 0.15) is 114 Å². The molecular formula is C56H88O24. The Balaban J connectivity index is 0.922. The highest BCUT2D eigenvalue weighted by molar-refractivity contribution is 5.67. The molecule has 10 aliphatic rings. The molecular weight excluding hydrogens is 1060 g/mol. The number of esters is 2. The quantitative estimate of drug-likeness (QED) is 0.0599. The van der Waals surface area contributed by atoms with Crippen LogP contribution in [0.5, 0.6) is 0 Å². The van der Waals surface area contributed by atoms with Crippen LogP contribution in [0, 0.1) is 45.3 Å². The molecule has 1 unspecified atom stereocenters. The first-order valence-corrected chi connectivity index (χ1v) is 28.7. The van der Waals surface area contributed by atoms with Gasteiger partial charge in [0.05, 0.1) is 50.8 Å². The fourth-order valence-electron chi connectivity index (χ4n) is 17.8. The first-order valence-electron chi connectivity index (χ1n) is 28.7. The number of hydrogen-bond donors (Lipinski definition) is 10. The lowest BCUT2D eigenvalue weighted by atomic mass is 9.35. The van der Waals surface area contributed by atoms with Crippen LogP contribution in [0.2, 0.25) is 0 Å². The van der Waals surface area contributed by atoms with Crippen molar-refractivity contribution in [2.24, 2.45) is 45.3 Å². The molecule has 6 saturated heterocycles. The number of allylic oxidation sites excluding steroid dienone is 1. The van der Waals surface area contributed by atoms with E-state index in [-0.39, 0.29) is 46.5 Å². The summed E-state index contributed by atoms with van der Waals surface area (Å²) >= 11 is 0. The van der Waals surface area contributed by atoms with Gasteiger partial charge in [-0.15, -0.1) is 0 Å². The van der Waals surface area contributed by atoms with E-state index in [0.717, 1.165) is 37.7 Å². The number of hydrogen-bond acceptors (Lipinski definition) is 24. The zero-order valence-corrected chi connectivity index (χ0v) is 47.3. The van der Waals surface area contributed by atoms with Crippen LogP contribution in [-0.2, 0) is 66.4 Å². The molecule has 4 saturated carbocycles. The van der Waals surface area contributed by atoms with Crippen LogP contribution in [0.3, 0.4) is 0 Å². The fraction of sp³-hybridized carbons (Fsp3) is 0.929. The molecule has 6 heterocycles. The molecule has 29 atom stereocenters. The van der Waals surface area contributed by atoms with E-state index in [9.17, 15) is 60.7 Å². The van der Waals surface area contributed by atoms with Gasteiger partial charge in [-0.1, -0.05) is 39.3 Å². The Hall–Kier alpha value is -2.12. The molecule has 10 N–H and O–H groups in total. The first kappa shape index (κ1) is 61.0. The highest BCUT2D eigenvalue weighted by Crippen LogP contribution is 2.81. The number of carbonyl (C=O) groups is 2. The van der Waals surface area contributed by atoms with Crippen molar-refractivity contribution >= 4 is 11.9 Å². The van der Waals surface area contributed by atoms with E-state index < -0.39 is 171 Å². The summed E-state index contributed by atoms with van der Waals surface area (Å²) in [6, 6.07) is 0. The Morgan fingerprint density at radius 2 is 1.21 bits per heavy atom. The Morgan fingerprint density at radius 1 is 0.613 bits per heavy atom.